The Balaban J connectivity index is 1.72. The van der Waals surface area contributed by atoms with E-state index < -0.39 is 0 Å². The number of rotatable bonds is 3. The molecule has 3 rings (SSSR count). The molecule has 1 heterocycles. The molecular weight excluding hydrogens is 290 g/mol. The molecule has 0 spiro atoms. The SMILES string of the molecule is O=C(Cc1cc2ccccc2s1)Nc1cccc(Cl)c1. The van der Waals surface area contributed by atoms with Crippen LogP contribution >= 0.6 is 22.9 Å². The highest BCUT2D eigenvalue weighted by atomic mass is 35.5. The van der Waals surface area contributed by atoms with Gasteiger partial charge in [-0.15, -0.1) is 11.3 Å². The lowest BCUT2D eigenvalue weighted by Crippen LogP contribution is -2.13. The summed E-state index contributed by atoms with van der Waals surface area (Å²) in [5.74, 6) is -0.0289. The maximum atomic E-state index is 12.0. The van der Waals surface area contributed by atoms with Crippen molar-refractivity contribution >= 4 is 44.6 Å². The molecule has 1 aromatic heterocycles. The molecule has 0 unspecified atom stereocenters. The number of anilines is 1. The third kappa shape index (κ3) is 3.00. The molecule has 100 valence electrons. The van der Waals surface area contributed by atoms with Crippen LogP contribution in [0.4, 0.5) is 5.69 Å². The van der Waals surface area contributed by atoms with E-state index in [0.717, 1.165) is 10.6 Å². The first-order chi connectivity index (χ1) is 9.70. The zero-order valence-electron chi connectivity index (χ0n) is 10.6. The van der Waals surface area contributed by atoms with Crippen LogP contribution in [0.1, 0.15) is 4.88 Å². The van der Waals surface area contributed by atoms with Gasteiger partial charge in [-0.05, 0) is 35.7 Å². The summed E-state index contributed by atoms with van der Waals surface area (Å²) >= 11 is 7.55. The minimum atomic E-state index is -0.0289. The maximum absolute atomic E-state index is 12.0. The zero-order chi connectivity index (χ0) is 13.9. The van der Waals surface area contributed by atoms with Crippen molar-refractivity contribution in [2.75, 3.05) is 5.32 Å². The van der Waals surface area contributed by atoms with Gasteiger partial charge in [0.25, 0.3) is 0 Å². The number of nitrogens with one attached hydrogen (secondary N) is 1. The lowest BCUT2D eigenvalue weighted by Gasteiger charge is -2.04. The Morgan fingerprint density at radius 3 is 2.75 bits per heavy atom. The van der Waals surface area contributed by atoms with Crippen LogP contribution in [0.25, 0.3) is 10.1 Å². The summed E-state index contributed by atoms with van der Waals surface area (Å²) in [5, 5.41) is 4.66. The molecule has 0 saturated heterocycles. The van der Waals surface area contributed by atoms with Gasteiger partial charge in [-0.1, -0.05) is 35.9 Å². The van der Waals surface area contributed by atoms with Crippen LogP contribution in [-0.4, -0.2) is 5.91 Å². The lowest BCUT2D eigenvalue weighted by molar-refractivity contribution is -0.115. The van der Waals surface area contributed by atoms with Gasteiger partial charge in [-0.3, -0.25) is 4.79 Å². The molecule has 4 heteroatoms. The summed E-state index contributed by atoms with van der Waals surface area (Å²) in [7, 11) is 0. The zero-order valence-corrected chi connectivity index (χ0v) is 12.2. The van der Waals surface area contributed by atoms with Crippen LogP contribution in [0.2, 0.25) is 5.02 Å². The van der Waals surface area contributed by atoms with Gasteiger partial charge in [0.15, 0.2) is 0 Å². The second-order valence-electron chi connectivity index (χ2n) is 4.49. The standard InChI is InChI=1S/C16H12ClNOS/c17-12-5-3-6-13(9-12)18-16(19)10-14-8-11-4-1-2-7-15(11)20-14/h1-9H,10H2,(H,18,19). The van der Waals surface area contributed by atoms with Crippen molar-refractivity contribution < 1.29 is 4.79 Å². The molecule has 0 aliphatic rings. The van der Waals surface area contributed by atoms with Gasteiger partial charge >= 0.3 is 0 Å². The Morgan fingerprint density at radius 2 is 1.95 bits per heavy atom. The van der Waals surface area contributed by atoms with Crippen LogP contribution in [0.3, 0.4) is 0 Å². The molecule has 0 radical (unpaired) electrons. The molecule has 0 aliphatic carbocycles. The fourth-order valence-corrected chi connectivity index (χ4v) is 3.31. The summed E-state index contributed by atoms with van der Waals surface area (Å²) in [5.41, 5.74) is 0.726. The molecule has 2 aromatic carbocycles. The quantitative estimate of drug-likeness (QED) is 0.744. The van der Waals surface area contributed by atoms with Crippen molar-refractivity contribution in [2.24, 2.45) is 0 Å². The van der Waals surface area contributed by atoms with E-state index in [1.54, 1.807) is 23.5 Å². The van der Waals surface area contributed by atoms with Crippen molar-refractivity contribution in [3.05, 3.63) is 64.5 Å². The van der Waals surface area contributed by atoms with E-state index in [0.29, 0.717) is 11.4 Å². The number of fused-ring (bicyclic) bond motifs is 1. The molecular formula is C16H12ClNOS. The van der Waals surface area contributed by atoms with Gasteiger partial charge in [0.1, 0.15) is 0 Å². The van der Waals surface area contributed by atoms with E-state index in [4.69, 9.17) is 11.6 Å². The molecule has 2 nitrogen and oxygen atoms in total. The first-order valence-electron chi connectivity index (χ1n) is 6.23. The Kier molecular flexibility index (Phi) is 3.72. The Morgan fingerprint density at radius 1 is 1.10 bits per heavy atom. The highest BCUT2D eigenvalue weighted by molar-refractivity contribution is 7.19. The van der Waals surface area contributed by atoms with E-state index in [-0.39, 0.29) is 5.91 Å². The number of hydrogen-bond acceptors (Lipinski definition) is 2. The fourth-order valence-electron chi connectivity index (χ4n) is 2.05. The average Bonchev–Trinajstić information content (AvgIpc) is 2.80. The van der Waals surface area contributed by atoms with Crippen LogP contribution in [-0.2, 0) is 11.2 Å². The van der Waals surface area contributed by atoms with Crippen LogP contribution in [0, 0.1) is 0 Å². The summed E-state index contributed by atoms with van der Waals surface area (Å²) in [6.45, 7) is 0. The highest BCUT2D eigenvalue weighted by Crippen LogP contribution is 2.25. The predicted molar refractivity (Wildman–Crippen MR) is 85.6 cm³/mol. The third-order valence-corrected chi connectivity index (χ3v) is 4.27. The fraction of sp³-hybridized carbons (Fsp3) is 0.0625. The highest BCUT2D eigenvalue weighted by Gasteiger charge is 2.07. The lowest BCUT2D eigenvalue weighted by atomic mass is 10.2. The number of carbonyl (C=O) groups excluding carboxylic acids is 1. The first kappa shape index (κ1) is 13.2. The number of hydrogen-bond donors (Lipinski definition) is 1. The molecule has 3 aromatic rings. The van der Waals surface area contributed by atoms with Crippen molar-refractivity contribution in [3.8, 4) is 0 Å². The summed E-state index contributed by atoms with van der Waals surface area (Å²) < 4.78 is 1.21. The summed E-state index contributed by atoms with van der Waals surface area (Å²) in [6.07, 6.45) is 0.381. The summed E-state index contributed by atoms with van der Waals surface area (Å²) in [4.78, 5) is 13.1. The Bertz CT molecular complexity index is 733. The molecule has 0 saturated carbocycles. The minimum absolute atomic E-state index is 0.0289. The van der Waals surface area contributed by atoms with Crippen LogP contribution in [0.15, 0.2) is 54.6 Å². The molecule has 0 aliphatic heterocycles. The topological polar surface area (TPSA) is 29.1 Å². The summed E-state index contributed by atoms with van der Waals surface area (Å²) in [6, 6.07) is 17.4. The second-order valence-corrected chi connectivity index (χ2v) is 6.09. The van der Waals surface area contributed by atoms with Gasteiger partial charge in [-0.2, -0.15) is 0 Å². The van der Waals surface area contributed by atoms with Gasteiger partial charge in [0.05, 0.1) is 6.42 Å². The van der Waals surface area contributed by atoms with Crippen molar-refractivity contribution in [1.82, 2.24) is 0 Å². The monoisotopic (exact) mass is 301 g/mol. The van der Waals surface area contributed by atoms with E-state index in [2.05, 4.69) is 23.5 Å². The molecule has 0 bridgehead atoms. The molecule has 20 heavy (non-hydrogen) atoms. The molecule has 0 atom stereocenters. The second kappa shape index (κ2) is 5.65. The van der Waals surface area contributed by atoms with Gasteiger partial charge in [-0.25, -0.2) is 0 Å². The van der Waals surface area contributed by atoms with E-state index in [1.807, 2.05) is 24.3 Å². The molecule has 0 fully saturated rings. The predicted octanol–water partition coefficient (Wildman–Crippen LogP) is 4.74. The van der Waals surface area contributed by atoms with Gasteiger partial charge in [0, 0.05) is 20.3 Å². The van der Waals surface area contributed by atoms with Crippen molar-refractivity contribution in [1.29, 1.82) is 0 Å². The first-order valence-corrected chi connectivity index (χ1v) is 7.43. The van der Waals surface area contributed by atoms with Crippen LogP contribution < -0.4 is 5.32 Å². The normalized spacial score (nSPS) is 10.7. The van der Waals surface area contributed by atoms with E-state index >= 15 is 0 Å². The number of carbonyl (C=O) groups is 1. The average molecular weight is 302 g/mol. The molecule has 1 amide bonds. The Hall–Kier alpha value is -1.84. The van der Waals surface area contributed by atoms with Gasteiger partial charge < -0.3 is 5.32 Å². The van der Waals surface area contributed by atoms with Crippen LogP contribution in [0.5, 0.6) is 0 Å². The number of amides is 1. The van der Waals surface area contributed by atoms with Crippen molar-refractivity contribution in [3.63, 3.8) is 0 Å². The Labute approximate surface area is 126 Å². The smallest absolute Gasteiger partial charge is 0.229 e. The molecule has 1 N–H and O–H groups in total. The number of halogens is 1. The van der Waals surface area contributed by atoms with Crippen molar-refractivity contribution in [2.45, 2.75) is 6.42 Å². The largest absolute Gasteiger partial charge is 0.326 e. The maximum Gasteiger partial charge on any atom is 0.229 e. The minimum Gasteiger partial charge on any atom is -0.326 e. The van der Waals surface area contributed by atoms with E-state index in [9.17, 15) is 4.79 Å². The third-order valence-electron chi connectivity index (χ3n) is 2.92. The number of benzene rings is 2. The number of thiophene rings is 1. The van der Waals surface area contributed by atoms with Gasteiger partial charge in [0.2, 0.25) is 5.91 Å². The van der Waals surface area contributed by atoms with E-state index in [1.165, 1.54) is 10.1 Å².